The smallest absolute Gasteiger partial charge is 0.226 e. The van der Waals surface area contributed by atoms with Gasteiger partial charge in [0.2, 0.25) is 5.91 Å². The van der Waals surface area contributed by atoms with E-state index in [0.29, 0.717) is 19.0 Å². The predicted octanol–water partition coefficient (Wildman–Crippen LogP) is 2.55. The zero-order chi connectivity index (χ0) is 14.0. The molecule has 3 unspecified atom stereocenters. The van der Waals surface area contributed by atoms with Gasteiger partial charge in [0.15, 0.2) is 0 Å². The first-order valence-electron chi connectivity index (χ1n) is 6.79. The van der Waals surface area contributed by atoms with Crippen LogP contribution in [0.4, 0.5) is 4.39 Å². The van der Waals surface area contributed by atoms with Crippen molar-refractivity contribution in [2.45, 2.75) is 32.2 Å². The Morgan fingerprint density at radius 3 is 2.60 bits per heavy atom. The van der Waals surface area contributed by atoms with Gasteiger partial charge in [-0.3, -0.25) is 4.79 Å². The number of halogens is 2. The first-order chi connectivity index (χ1) is 9.02. The van der Waals surface area contributed by atoms with Crippen LogP contribution in [0.15, 0.2) is 24.3 Å². The summed E-state index contributed by atoms with van der Waals surface area (Å²) in [6.45, 7) is 5.00. The minimum atomic E-state index is -0.223. The van der Waals surface area contributed by atoms with Crippen molar-refractivity contribution < 1.29 is 9.18 Å². The second-order valence-corrected chi connectivity index (χ2v) is 5.46. The third-order valence-electron chi connectivity index (χ3n) is 3.97. The number of carbonyl (C=O) groups is 1. The Morgan fingerprint density at radius 2 is 2.05 bits per heavy atom. The summed E-state index contributed by atoms with van der Waals surface area (Å²) in [4.78, 5) is 14.1. The van der Waals surface area contributed by atoms with Crippen LogP contribution in [0.3, 0.4) is 0 Å². The Morgan fingerprint density at radius 1 is 1.45 bits per heavy atom. The summed E-state index contributed by atoms with van der Waals surface area (Å²) in [7, 11) is 0. The molecule has 0 aliphatic carbocycles. The monoisotopic (exact) mass is 300 g/mol. The first kappa shape index (κ1) is 16.9. The van der Waals surface area contributed by atoms with Crippen LogP contribution in [0.1, 0.15) is 31.7 Å². The van der Waals surface area contributed by atoms with E-state index in [9.17, 15) is 9.18 Å². The number of nitrogens with zero attached hydrogens (tertiary/aromatic N) is 1. The summed E-state index contributed by atoms with van der Waals surface area (Å²) in [6.07, 6.45) is 0.925. The van der Waals surface area contributed by atoms with Crippen LogP contribution in [-0.4, -0.2) is 29.9 Å². The Balaban J connectivity index is 0.00000200. The van der Waals surface area contributed by atoms with Gasteiger partial charge >= 0.3 is 0 Å². The molecule has 2 N–H and O–H groups in total. The number of nitrogens with two attached hydrogens (primary N) is 1. The SMILES string of the molecule is CC(CN)C(=O)N1CC(c2ccc(F)cc2)CC1C.Cl. The van der Waals surface area contributed by atoms with Gasteiger partial charge in [-0.05, 0) is 31.0 Å². The van der Waals surface area contributed by atoms with Crippen molar-refractivity contribution in [3.05, 3.63) is 35.6 Å². The van der Waals surface area contributed by atoms with Gasteiger partial charge in [-0.15, -0.1) is 12.4 Å². The fourth-order valence-electron chi connectivity index (χ4n) is 2.70. The van der Waals surface area contributed by atoms with E-state index >= 15 is 0 Å². The minimum absolute atomic E-state index is 0. The summed E-state index contributed by atoms with van der Waals surface area (Å²) in [5, 5.41) is 0. The summed E-state index contributed by atoms with van der Waals surface area (Å²) in [6, 6.07) is 6.80. The molecule has 0 saturated carbocycles. The van der Waals surface area contributed by atoms with Crippen LogP contribution in [0.2, 0.25) is 0 Å². The molecule has 5 heteroatoms. The quantitative estimate of drug-likeness (QED) is 0.932. The summed E-state index contributed by atoms with van der Waals surface area (Å²) >= 11 is 0. The van der Waals surface area contributed by atoms with E-state index < -0.39 is 0 Å². The van der Waals surface area contributed by atoms with E-state index in [1.54, 1.807) is 0 Å². The Kier molecular flexibility index (Phi) is 5.96. The van der Waals surface area contributed by atoms with Gasteiger partial charge < -0.3 is 10.6 Å². The molecule has 1 fully saturated rings. The number of hydrogen-bond donors (Lipinski definition) is 1. The normalized spacial score (nSPS) is 23.3. The predicted molar refractivity (Wildman–Crippen MR) is 80.4 cm³/mol. The van der Waals surface area contributed by atoms with Gasteiger partial charge in [0, 0.05) is 31.0 Å². The molecule has 0 spiro atoms. The highest BCUT2D eigenvalue weighted by atomic mass is 35.5. The van der Waals surface area contributed by atoms with Gasteiger partial charge in [0.25, 0.3) is 0 Å². The Bertz CT molecular complexity index is 452. The molecule has 3 nitrogen and oxygen atoms in total. The molecular weight excluding hydrogens is 279 g/mol. The topological polar surface area (TPSA) is 46.3 Å². The van der Waals surface area contributed by atoms with E-state index in [-0.39, 0.29) is 36.1 Å². The maximum Gasteiger partial charge on any atom is 0.226 e. The van der Waals surface area contributed by atoms with Crippen molar-refractivity contribution in [2.24, 2.45) is 11.7 Å². The molecule has 112 valence electrons. The molecule has 1 amide bonds. The van der Waals surface area contributed by atoms with Crippen LogP contribution in [0.5, 0.6) is 0 Å². The van der Waals surface area contributed by atoms with Crippen molar-refractivity contribution in [1.82, 2.24) is 4.90 Å². The molecule has 2 rings (SSSR count). The Hall–Kier alpha value is -1.13. The van der Waals surface area contributed by atoms with Crippen molar-refractivity contribution in [2.75, 3.05) is 13.1 Å². The summed E-state index contributed by atoms with van der Waals surface area (Å²) in [5.41, 5.74) is 6.66. The molecule has 3 atom stereocenters. The van der Waals surface area contributed by atoms with E-state index in [4.69, 9.17) is 5.73 Å². The summed E-state index contributed by atoms with van der Waals surface area (Å²) in [5.74, 6) is 0.0676. The fraction of sp³-hybridized carbons (Fsp3) is 0.533. The van der Waals surface area contributed by atoms with Gasteiger partial charge in [-0.25, -0.2) is 4.39 Å². The number of carbonyl (C=O) groups excluding carboxylic acids is 1. The highest BCUT2D eigenvalue weighted by molar-refractivity contribution is 5.85. The molecule has 1 aliphatic rings. The lowest BCUT2D eigenvalue weighted by Gasteiger charge is -2.24. The van der Waals surface area contributed by atoms with Gasteiger partial charge in [0.1, 0.15) is 5.82 Å². The van der Waals surface area contributed by atoms with Crippen LogP contribution in [0.25, 0.3) is 0 Å². The van der Waals surface area contributed by atoms with Crippen molar-refractivity contribution >= 4 is 18.3 Å². The van der Waals surface area contributed by atoms with E-state index in [0.717, 1.165) is 12.0 Å². The second kappa shape index (κ2) is 7.04. The molecular formula is C15H22ClFN2O. The molecule has 20 heavy (non-hydrogen) atoms. The van der Waals surface area contributed by atoms with Crippen LogP contribution < -0.4 is 5.73 Å². The average Bonchev–Trinajstić information content (AvgIpc) is 2.80. The Labute approximate surface area is 125 Å². The standard InChI is InChI=1S/C15H21FN2O.ClH/c1-10(8-17)15(19)18-9-13(7-11(18)2)12-3-5-14(16)6-4-12;/h3-6,10-11,13H,7-9,17H2,1-2H3;1H. The van der Waals surface area contributed by atoms with E-state index in [1.807, 2.05) is 24.0 Å². The van der Waals surface area contributed by atoms with Gasteiger partial charge in [-0.1, -0.05) is 19.1 Å². The number of benzene rings is 1. The van der Waals surface area contributed by atoms with Crippen LogP contribution in [-0.2, 0) is 4.79 Å². The van der Waals surface area contributed by atoms with Crippen molar-refractivity contribution in [1.29, 1.82) is 0 Å². The number of hydrogen-bond acceptors (Lipinski definition) is 2. The lowest BCUT2D eigenvalue weighted by Crippen LogP contribution is -2.39. The molecule has 0 bridgehead atoms. The van der Waals surface area contributed by atoms with Crippen molar-refractivity contribution in [3.8, 4) is 0 Å². The lowest BCUT2D eigenvalue weighted by molar-refractivity contribution is -0.135. The largest absolute Gasteiger partial charge is 0.339 e. The molecule has 1 aromatic carbocycles. The van der Waals surface area contributed by atoms with Crippen LogP contribution >= 0.6 is 12.4 Å². The van der Waals surface area contributed by atoms with E-state index in [1.165, 1.54) is 12.1 Å². The fourth-order valence-corrected chi connectivity index (χ4v) is 2.70. The van der Waals surface area contributed by atoms with Gasteiger partial charge in [-0.2, -0.15) is 0 Å². The molecule has 1 heterocycles. The average molecular weight is 301 g/mol. The highest BCUT2D eigenvalue weighted by Gasteiger charge is 2.34. The van der Waals surface area contributed by atoms with Crippen molar-refractivity contribution in [3.63, 3.8) is 0 Å². The third kappa shape index (κ3) is 3.49. The molecule has 0 aromatic heterocycles. The first-order valence-corrected chi connectivity index (χ1v) is 6.79. The zero-order valence-electron chi connectivity index (χ0n) is 11.9. The summed E-state index contributed by atoms with van der Waals surface area (Å²) < 4.78 is 12.9. The van der Waals surface area contributed by atoms with Crippen LogP contribution in [0, 0.1) is 11.7 Å². The number of rotatable bonds is 3. The molecule has 0 radical (unpaired) electrons. The highest BCUT2D eigenvalue weighted by Crippen LogP contribution is 2.32. The number of likely N-dealkylation sites (tertiary alicyclic amines) is 1. The number of amides is 1. The molecule has 1 aliphatic heterocycles. The second-order valence-electron chi connectivity index (χ2n) is 5.46. The maximum atomic E-state index is 12.9. The minimum Gasteiger partial charge on any atom is -0.339 e. The van der Waals surface area contributed by atoms with Gasteiger partial charge in [0.05, 0.1) is 0 Å². The molecule has 1 saturated heterocycles. The zero-order valence-corrected chi connectivity index (χ0v) is 12.7. The molecule has 1 aromatic rings. The maximum absolute atomic E-state index is 12.9. The van der Waals surface area contributed by atoms with E-state index in [2.05, 4.69) is 6.92 Å². The third-order valence-corrected chi connectivity index (χ3v) is 3.97. The lowest BCUT2D eigenvalue weighted by atomic mass is 9.97.